The molecule has 19 heavy (non-hydrogen) atoms. The summed E-state index contributed by atoms with van der Waals surface area (Å²) in [5.74, 6) is -0.0193. The molecule has 1 aromatic carbocycles. The van der Waals surface area contributed by atoms with E-state index in [9.17, 15) is 4.79 Å². The van der Waals surface area contributed by atoms with E-state index in [1.165, 1.54) is 0 Å². The number of fused-ring (bicyclic) bond motifs is 1. The predicted molar refractivity (Wildman–Crippen MR) is 77.8 cm³/mol. The number of nitrogens with two attached hydrogens (primary N) is 1. The van der Waals surface area contributed by atoms with Crippen molar-refractivity contribution in [1.29, 1.82) is 0 Å². The van der Waals surface area contributed by atoms with Gasteiger partial charge in [0.1, 0.15) is 0 Å². The molecule has 1 aromatic heterocycles. The average molecular weight is 257 g/mol. The summed E-state index contributed by atoms with van der Waals surface area (Å²) in [5, 5.41) is 3.97. The van der Waals surface area contributed by atoms with Crippen LogP contribution in [-0.4, -0.2) is 17.4 Å². The molecule has 0 fully saturated rings. The largest absolute Gasteiger partial charge is 0.330 e. The molecule has 4 heteroatoms. The number of anilines is 1. The van der Waals surface area contributed by atoms with E-state index in [1.54, 1.807) is 6.20 Å². The highest BCUT2D eigenvalue weighted by Crippen LogP contribution is 2.21. The summed E-state index contributed by atoms with van der Waals surface area (Å²) in [6.45, 7) is 2.54. The number of nitrogens with zero attached hydrogens (tertiary/aromatic N) is 1. The fourth-order valence-corrected chi connectivity index (χ4v) is 2.02. The third-order valence-electron chi connectivity index (χ3n) is 3.18. The molecule has 0 aliphatic carbocycles. The van der Waals surface area contributed by atoms with Gasteiger partial charge < -0.3 is 11.1 Å². The van der Waals surface area contributed by atoms with Crippen LogP contribution >= 0.6 is 0 Å². The number of nitrogens with one attached hydrogen (secondary N) is 1. The van der Waals surface area contributed by atoms with E-state index in [-0.39, 0.29) is 11.8 Å². The molecular weight excluding hydrogens is 238 g/mol. The third-order valence-corrected chi connectivity index (χ3v) is 3.18. The van der Waals surface area contributed by atoms with Crippen LogP contribution in [0.2, 0.25) is 0 Å². The fourth-order valence-electron chi connectivity index (χ4n) is 2.02. The smallest absolute Gasteiger partial charge is 0.227 e. The highest BCUT2D eigenvalue weighted by Gasteiger charge is 2.13. The Kier molecular flexibility index (Phi) is 4.47. The van der Waals surface area contributed by atoms with Crippen molar-refractivity contribution in [3.63, 3.8) is 0 Å². The van der Waals surface area contributed by atoms with Crippen LogP contribution in [0.1, 0.15) is 19.8 Å². The normalized spacial score (nSPS) is 12.3. The van der Waals surface area contributed by atoms with Gasteiger partial charge >= 0.3 is 0 Å². The van der Waals surface area contributed by atoms with Crippen LogP contribution in [0.15, 0.2) is 36.5 Å². The van der Waals surface area contributed by atoms with Gasteiger partial charge in [-0.15, -0.1) is 0 Å². The minimum Gasteiger partial charge on any atom is -0.330 e. The molecule has 0 spiro atoms. The van der Waals surface area contributed by atoms with Gasteiger partial charge in [0.25, 0.3) is 0 Å². The van der Waals surface area contributed by atoms with Gasteiger partial charge in [-0.2, -0.15) is 0 Å². The van der Waals surface area contributed by atoms with Gasteiger partial charge in [0.05, 0.1) is 11.2 Å². The molecule has 3 N–H and O–H groups in total. The highest BCUT2D eigenvalue weighted by atomic mass is 16.1. The summed E-state index contributed by atoms with van der Waals surface area (Å²) in [6.07, 6.45) is 3.40. The Morgan fingerprint density at radius 2 is 2.16 bits per heavy atom. The van der Waals surface area contributed by atoms with Crippen molar-refractivity contribution in [2.75, 3.05) is 11.9 Å². The molecule has 2 rings (SSSR count). The molecule has 100 valence electrons. The molecule has 1 heterocycles. The van der Waals surface area contributed by atoms with Crippen LogP contribution in [0.25, 0.3) is 10.9 Å². The number of carbonyl (C=O) groups excluding carboxylic acids is 1. The first-order valence-electron chi connectivity index (χ1n) is 6.57. The fraction of sp³-hybridized carbons (Fsp3) is 0.333. The number of para-hydroxylation sites is 1. The summed E-state index contributed by atoms with van der Waals surface area (Å²) in [5.41, 5.74) is 7.05. The molecule has 4 nitrogen and oxygen atoms in total. The Morgan fingerprint density at radius 3 is 2.95 bits per heavy atom. The standard InChI is InChI=1S/C15H19N3O/c1-11(5-3-9-16)15(19)18-13-8-2-6-12-7-4-10-17-14(12)13/h2,4,6-8,10-11H,3,5,9,16H2,1H3,(H,18,19). The molecule has 1 amide bonds. The number of rotatable bonds is 5. The second-order valence-electron chi connectivity index (χ2n) is 4.70. The first kappa shape index (κ1) is 13.5. The van der Waals surface area contributed by atoms with Crippen molar-refractivity contribution in [1.82, 2.24) is 4.98 Å². The SMILES string of the molecule is CC(CCCN)C(=O)Nc1cccc2cccnc12. The Bertz CT molecular complexity index is 563. The molecule has 0 aliphatic rings. The number of benzene rings is 1. The highest BCUT2D eigenvalue weighted by molar-refractivity contribution is 6.00. The number of aromatic nitrogens is 1. The monoisotopic (exact) mass is 257 g/mol. The van der Waals surface area contributed by atoms with Crippen molar-refractivity contribution in [2.45, 2.75) is 19.8 Å². The maximum absolute atomic E-state index is 12.1. The van der Waals surface area contributed by atoms with Gasteiger partial charge in [-0.25, -0.2) is 0 Å². The lowest BCUT2D eigenvalue weighted by molar-refractivity contribution is -0.119. The topological polar surface area (TPSA) is 68.0 Å². The maximum atomic E-state index is 12.1. The summed E-state index contributed by atoms with van der Waals surface area (Å²) in [6, 6.07) is 9.65. The number of hydrogen-bond acceptors (Lipinski definition) is 3. The molecule has 0 saturated carbocycles. The zero-order valence-electron chi connectivity index (χ0n) is 11.1. The van der Waals surface area contributed by atoms with E-state index in [2.05, 4.69) is 10.3 Å². The Labute approximate surface area is 113 Å². The lowest BCUT2D eigenvalue weighted by atomic mass is 10.0. The van der Waals surface area contributed by atoms with E-state index < -0.39 is 0 Å². The first-order valence-corrected chi connectivity index (χ1v) is 6.57. The van der Waals surface area contributed by atoms with E-state index in [0.29, 0.717) is 6.54 Å². The molecular formula is C15H19N3O. The molecule has 1 unspecified atom stereocenters. The summed E-state index contributed by atoms with van der Waals surface area (Å²) >= 11 is 0. The molecule has 0 bridgehead atoms. The van der Waals surface area contributed by atoms with Crippen LogP contribution < -0.4 is 11.1 Å². The van der Waals surface area contributed by atoms with E-state index in [1.807, 2.05) is 37.3 Å². The lowest BCUT2D eigenvalue weighted by Gasteiger charge is -2.12. The molecule has 1 atom stereocenters. The van der Waals surface area contributed by atoms with Crippen LogP contribution in [0.3, 0.4) is 0 Å². The molecule has 0 saturated heterocycles. The first-order chi connectivity index (χ1) is 9.22. The Morgan fingerprint density at radius 1 is 1.37 bits per heavy atom. The summed E-state index contributed by atoms with van der Waals surface area (Å²) < 4.78 is 0. The summed E-state index contributed by atoms with van der Waals surface area (Å²) in [7, 11) is 0. The van der Waals surface area contributed by atoms with Gasteiger partial charge in [-0.1, -0.05) is 25.1 Å². The molecule has 0 radical (unpaired) electrons. The maximum Gasteiger partial charge on any atom is 0.227 e. The minimum absolute atomic E-state index is 0.0200. The predicted octanol–water partition coefficient (Wildman–Crippen LogP) is 2.55. The van der Waals surface area contributed by atoms with Crippen molar-refractivity contribution in [2.24, 2.45) is 11.7 Å². The van der Waals surface area contributed by atoms with E-state index in [0.717, 1.165) is 29.4 Å². The Hall–Kier alpha value is -1.94. The number of pyridine rings is 1. The molecule has 2 aromatic rings. The van der Waals surface area contributed by atoms with Crippen LogP contribution in [0.5, 0.6) is 0 Å². The quantitative estimate of drug-likeness (QED) is 0.865. The number of amides is 1. The van der Waals surface area contributed by atoms with Gasteiger partial charge in [-0.3, -0.25) is 9.78 Å². The van der Waals surface area contributed by atoms with Gasteiger partial charge in [0.2, 0.25) is 5.91 Å². The zero-order valence-corrected chi connectivity index (χ0v) is 11.1. The minimum atomic E-state index is -0.0393. The van der Waals surface area contributed by atoms with Gasteiger partial charge in [0, 0.05) is 17.5 Å². The van der Waals surface area contributed by atoms with Crippen LogP contribution in [-0.2, 0) is 4.79 Å². The number of hydrogen-bond donors (Lipinski definition) is 2. The van der Waals surface area contributed by atoms with Crippen molar-refractivity contribution < 1.29 is 4.79 Å². The van der Waals surface area contributed by atoms with Crippen LogP contribution in [0.4, 0.5) is 5.69 Å². The van der Waals surface area contributed by atoms with E-state index >= 15 is 0 Å². The summed E-state index contributed by atoms with van der Waals surface area (Å²) in [4.78, 5) is 16.4. The van der Waals surface area contributed by atoms with Crippen LogP contribution in [0, 0.1) is 5.92 Å². The average Bonchev–Trinajstić information content (AvgIpc) is 2.45. The number of carbonyl (C=O) groups is 1. The zero-order chi connectivity index (χ0) is 13.7. The van der Waals surface area contributed by atoms with E-state index in [4.69, 9.17) is 5.73 Å². The second-order valence-corrected chi connectivity index (χ2v) is 4.70. The van der Waals surface area contributed by atoms with Crippen molar-refractivity contribution in [3.8, 4) is 0 Å². The Balaban J connectivity index is 2.15. The van der Waals surface area contributed by atoms with Gasteiger partial charge in [0.15, 0.2) is 0 Å². The van der Waals surface area contributed by atoms with Gasteiger partial charge in [-0.05, 0) is 31.5 Å². The van der Waals surface area contributed by atoms with Crippen molar-refractivity contribution >= 4 is 22.5 Å². The van der Waals surface area contributed by atoms with Crippen molar-refractivity contribution in [3.05, 3.63) is 36.5 Å². The molecule has 0 aliphatic heterocycles. The third kappa shape index (κ3) is 3.29. The second kappa shape index (κ2) is 6.29. The lowest BCUT2D eigenvalue weighted by Crippen LogP contribution is -2.21.